The summed E-state index contributed by atoms with van der Waals surface area (Å²) in [5.74, 6) is 1.18. The average Bonchev–Trinajstić information content (AvgIpc) is 3.61. The van der Waals surface area contributed by atoms with Crippen LogP contribution in [0.4, 0.5) is 10.5 Å². The lowest BCUT2D eigenvalue weighted by molar-refractivity contribution is -0.0532. The van der Waals surface area contributed by atoms with E-state index in [-0.39, 0.29) is 12.1 Å². The van der Waals surface area contributed by atoms with E-state index in [1.54, 1.807) is 7.11 Å². The first-order valence-electron chi connectivity index (χ1n) is 11.6. The molecule has 2 amide bonds. The van der Waals surface area contributed by atoms with E-state index in [0.717, 1.165) is 35.3 Å². The van der Waals surface area contributed by atoms with Crippen LogP contribution in [0.25, 0.3) is 0 Å². The van der Waals surface area contributed by atoms with Gasteiger partial charge in [-0.05, 0) is 54.8 Å². The van der Waals surface area contributed by atoms with Crippen molar-refractivity contribution in [2.24, 2.45) is 0 Å². The quantitative estimate of drug-likeness (QED) is 0.561. The zero-order valence-electron chi connectivity index (χ0n) is 18.8. The van der Waals surface area contributed by atoms with Gasteiger partial charge in [-0.3, -0.25) is 4.90 Å². The van der Waals surface area contributed by atoms with Gasteiger partial charge in [-0.15, -0.1) is 0 Å². The number of anilines is 1. The maximum absolute atomic E-state index is 13.2. The molecule has 2 heterocycles. The fourth-order valence-electron chi connectivity index (χ4n) is 4.86. The van der Waals surface area contributed by atoms with Crippen LogP contribution in [0.15, 0.2) is 65.2 Å². The van der Waals surface area contributed by atoms with Gasteiger partial charge in [-0.1, -0.05) is 40.2 Å². The number of benzene rings is 2. The second-order valence-corrected chi connectivity index (χ2v) is 9.93. The Morgan fingerprint density at radius 2 is 1.79 bits per heavy atom. The van der Waals surface area contributed by atoms with Gasteiger partial charge in [0.05, 0.1) is 12.7 Å². The molecule has 1 saturated carbocycles. The van der Waals surface area contributed by atoms with Crippen LogP contribution in [0.1, 0.15) is 24.3 Å². The highest BCUT2D eigenvalue weighted by atomic mass is 79.9. The van der Waals surface area contributed by atoms with E-state index in [4.69, 9.17) is 9.47 Å². The molecule has 3 atom stereocenters. The summed E-state index contributed by atoms with van der Waals surface area (Å²) in [5, 5.41) is 3.06. The zero-order valence-corrected chi connectivity index (χ0v) is 20.4. The second kappa shape index (κ2) is 9.87. The SMILES string of the molecule is COC[C@@H]1[C@H](c2ccc(Br)cc2)[C@@H]2CN(C(=O)Nc3ccc(OC4CC4)cc3)C/C=C\CN12. The summed E-state index contributed by atoms with van der Waals surface area (Å²) >= 11 is 3.54. The molecule has 2 aromatic carbocycles. The fraction of sp³-hybridized carbons (Fsp3) is 0.423. The molecule has 0 radical (unpaired) electrons. The molecular weight excluding hydrogens is 482 g/mol. The van der Waals surface area contributed by atoms with Crippen molar-refractivity contribution in [2.45, 2.75) is 36.9 Å². The number of hydrogen-bond donors (Lipinski definition) is 1. The summed E-state index contributed by atoms with van der Waals surface area (Å²) < 4.78 is 12.4. The van der Waals surface area contributed by atoms with Crippen LogP contribution in [0.3, 0.4) is 0 Å². The molecule has 3 aliphatic rings. The third-order valence-electron chi connectivity index (χ3n) is 6.71. The average molecular weight is 512 g/mol. The minimum Gasteiger partial charge on any atom is -0.490 e. The Hall–Kier alpha value is -2.35. The molecule has 2 aliphatic heterocycles. The number of nitrogens with one attached hydrogen (secondary N) is 1. The predicted molar refractivity (Wildman–Crippen MR) is 133 cm³/mol. The standard InChI is InChI=1S/C26H30BrN3O3/c1-32-17-24-25(18-4-6-19(27)7-5-18)23-16-29(14-2-3-15-30(23)24)26(31)28-20-8-10-21(11-9-20)33-22-12-13-22/h2-11,22-25H,12-17H2,1H3,(H,28,31)/b3-2-/t23-,24+,25+/m0/s1. The molecule has 1 saturated heterocycles. The van der Waals surface area contributed by atoms with E-state index in [1.807, 2.05) is 29.2 Å². The molecule has 5 rings (SSSR count). The maximum Gasteiger partial charge on any atom is 0.322 e. The predicted octanol–water partition coefficient (Wildman–Crippen LogP) is 4.88. The summed E-state index contributed by atoms with van der Waals surface area (Å²) in [6.07, 6.45) is 6.87. The van der Waals surface area contributed by atoms with Gasteiger partial charge in [0, 0.05) is 54.9 Å². The normalized spacial score (nSPS) is 25.9. The van der Waals surface area contributed by atoms with Crippen molar-refractivity contribution >= 4 is 27.6 Å². The molecule has 1 N–H and O–H groups in total. The van der Waals surface area contributed by atoms with Crippen molar-refractivity contribution in [3.63, 3.8) is 0 Å². The molecule has 0 spiro atoms. The Bertz CT molecular complexity index is 991. The molecular formula is C26H30BrN3O3. The summed E-state index contributed by atoms with van der Waals surface area (Å²) in [5.41, 5.74) is 2.07. The van der Waals surface area contributed by atoms with Crippen molar-refractivity contribution in [1.29, 1.82) is 0 Å². The number of rotatable bonds is 6. The number of nitrogens with zero attached hydrogens (tertiary/aromatic N) is 2. The third-order valence-corrected chi connectivity index (χ3v) is 7.24. The Labute approximate surface area is 203 Å². The number of amides is 2. The van der Waals surface area contributed by atoms with E-state index in [2.05, 4.69) is 62.6 Å². The van der Waals surface area contributed by atoms with Crippen LogP contribution < -0.4 is 10.1 Å². The molecule has 6 nitrogen and oxygen atoms in total. The van der Waals surface area contributed by atoms with Crippen LogP contribution in [0, 0.1) is 0 Å². The van der Waals surface area contributed by atoms with Gasteiger partial charge in [0.1, 0.15) is 5.75 Å². The van der Waals surface area contributed by atoms with Gasteiger partial charge in [0.25, 0.3) is 0 Å². The molecule has 0 aromatic heterocycles. The molecule has 1 aliphatic carbocycles. The molecule has 33 heavy (non-hydrogen) atoms. The minimum absolute atomic E-state index is 0.0814. The maximum atomic E-state index is 13.2. The number of carbonyl (C=O) groups is 1. The van der Waals surface area contributed by atoms with Gasteiger partial charge >= 0.3 is 6.03 Å². The van der Waals surface area contributed by atoms with E-state index in [1.165, 1.54) is 5.56 Å². The summed E-state index contributed by atoms with van der Waals surface area (Å²) in [4.78, 5) is 17.5. The zero-order chi connectivity index (χ0) is 22.8. The van der Waals surface area contributed by atoms with Crippen molar-refractivity contribution < 1.29 is 14.3 Å². The van der Waals surface area contributed by atoms with Crippen LogP contribution in [0.2, 0.25) is 0 Å². The number of urea groups is 1. The highest BCUT2D eigenvalue weighted by molar-refractivity contribution is 9.10. The van der Waals surface area contributed by atoms with Crippen LogP contribution in [-0.2, 0) is 4.74 Å². The van der Waals surface area contributed by atoms with E-state index in [9.17, 15) is 4.79 Å². The molecule has 2 aromatic rings. The second-order valence-electron chi connectivity index (χ2n) is 9.01. The van der Waals surface area contributed by atoms with Crippen molar-refractivity contribution in [1.82, 2.24) is 9.80 Å². The van der Waals surface area contributed by atoms with Gasteiger partial charge < -0.3 is 19.7 Å². The lowest BCUT2D eigenvalue weighted by Gasteiger charge is -2.56. The molecule has 174 valence electrons. The van der Waals surface area contributed by atoms with Crippen molar-refractivity contribution in [2.75, 3.05) is 38.7 Å². The lowest BCUT2D eigenvalue weighted by atomic mass is 9.74. The number of hydrogen-bond acceptors (Lipinski definition) is 4. The Kier molecular flexibility index (Phi) is 6.71. The molecule has 0 unspecified atom stereocenters. The van der Waals surface area contributed by atoms with Gasteiger partial charge in [0.15, 0.2) is 0 Å². The molecule has 0 bridgehead atoms. The molecule has 2 fully saturated rings. The van der Waals surface area contributed by atoms with Crippen molar-refractivity contribution in [3.8, 4) is 5.75 Å². The highest BCUT2D eigenvalue weighted by Gasteiger charge is 2.49. The lowest BCUT2D eigenvalue weighted by Crippen LogP contribution is -2.67. The van der Waals surface area contributed by atoms with Gasteiger partial charge in [-0.2, -0.15) is 0 Å². The smallest absolute Gasteiger partial charge is 0.322 e. The highest BCUT2D eigenvalue weighted by Crippen LogP contribution is 2.42. The number of halogens is 1. The van der Waals surface area contributed by atoms with E-state index >= 15 is 0 Å². The minimum atomic E-state index is -0.0814. The van der Waals surface area contributed by atoms with Crippen LogP contribution >= 0.6 is 15.9 Å². The number of carbonyl (C=O) groups excluding carboxylic acids is 1. The van der Waals surface area contributed by atoms with E-state index < -0.39 is 0 Å². The first kappa shape index (κ1) is 22.4. The number of methoxy groups -OCH3 is 1. The third kappa shape index (κ3) is 5.10. The summed E-state index contributed by atoms with van der Waals surface area (Å²) in [7, 11) is 1.76. The van der Waals surface area contributed by atoms with Crippen molar-refractivity contribution in [3.05, 3.63) is 70.7 Å². The largest absolute Gasteiger partial charge is 0.490 e. The first-order valence-corrected chi connectivity index (χ1v) is 12.4. The monoisotopic (exact) mass is 511 g/mol. The summed E-state index contributed by atoms with van der Waals surface area (Å²) in [6.45, 7) is 2.82. The Balaban J connectivity index is 1.29. The van der Waals surface area contributed by atoms with Gasteiger partial charge in [-0.25, -0.2) is 4.79 Å². The van der Waals surface area contributed by atoms with Gasteiger partial charge in [0.2, 0.25) is 0 Å². The fourth-order valence-corrected chi connectivity index (χ4v) is 5.13. The summed E-state index contributed by atoms with van der Waals surface area (Å²) in [6, 6.07) is 16.7. The Morgan fingerprint density at radius 3 is 2.48 bits per heavy atom. The topological polar surface area (TPSA) is 54.0 Å². The van der Waals surface area contributed by atoms with E-state index in [0.29, 0.717) is 37.8 Å². The molecule has 7 heteroatoms. The number of ether oxygens (including phenoxy) is 2. The first-order chi connectivity index (χ1) is 16.1. The Morgan fingerprint density at radius 1 is 1.06 bits per heavy atom. The van der Waals surface area contributed by atoms with Crippen LogP contribution in [-0.4, -0.2) is 67.4 Å². The van der Waals surface area contributed by atoms with Crippen LogP contribution in [0.5, 0.6) is 5.75 Å². The number of fused-ring (bicyclic) bond motifs is 1.